The highest BCUT2D eigenvalue weighted by molar-refractivity contribution is 4.80. The van der Waals surface area contributed by atoms with Gasteiger partial charge < -0.3 is 5.32 Å². The van der Waals surface area contributed by atoms with Gasteiger partial charge in [0.05, 0.1) is 0 Å². The van der Waals surface area contributed by atoms with Gasteiger partial charge in [-0.2, -0.15) is 0 Å². The van der Waals surface area contributed by atoms with Crippen molar-refractivity contribution in [2.75, 3.05) is 6.54 Å². The van der Waals surface area contributed by atoms with Crippen LogP contribution in [0.3, 0.4) is 0 Å². The van der Waals surface area contributed by atoms with Crippen LogP contribution < -0.4 is 5.32 Å². The van der Waals surface area contributed by atoms with E-state index in [-0.39, 0.29) is 0 Å². The van der Waals surface area contributed by atoms with Gasteiger partial charge >= 0.3 is 0 Å². The Labute approximate surface area is 109 Å². The molecule has 0 unspecified atom stereocenters. The van der Waals surface area contributed by atoms with E-state index in [1.165, 1.54) is 90.0 Å². The molecule has 0 amide bonds. The number of hydrogen-bond donors (Lipinski definition) is 1. The molecule has 0 atom stereocenters. The molecular weight excluding hydrogens is 206 g/mol. The highest BCUT2D eigenvalue weighted by atomic mass is 14.9. The molecule has 0 saturated heterocycles. The van der Waals surface area contributed by atoms with Gasteiger partial charge in [-0.15, -0.1) is 0 Å². The van der Waals surface area contributed by atoms with Crippen LogP contribution in [-0.2, 0) is 0 Å². The summed E-state index contributed by atoms with van der Waals surface area (Å²) < 4.78 is 0. The minimum Gasteiger partial charge on any atom is -0.314 e. The van der Waals surface area contributed by atoms with Crippen molar-refractivity contribution in [1.82, 2.24) is 5.32 Å². The summed E-state index contributed by atoms with van der Waals surface area (Å²) in [7, 11) is 0. The lowest BCUT2D eigenvalue weighted by Crippen LogP contribution is -2.17. The Bertz CT molecular complexity index is 152. The molecule has 1 saturated carbocycles. The van der Waals surface area contributed by atoms with Crippen LogP contribution >= 0.6 is 0 Å². The lowest BCUT2D eigenvalue weighted by molar-refractivity contribution is 0.538. The topological polar surface area (TPSA) is 12.0 Å². The fourth-order valence-corrected chi connectivity index (χ4v) is 2.38. The highest BCUT2D eigenvalue weighted by Gasteiger charge is 2.19. The molecule has 1 aliphatic rings. The molecule has 1 fully saturated rings. The molecule has 1 aliphatic carbocycles. The summed E-state index contributed by atoms with van der Waals surface area (Å²) in [5.41, 5.74) is 0. The van der Waals surface area contributed by atoms with Crippen LogP contribution in [0.5, 0.6) is 0 Å². The molecule has 102 valence electrons. The zero-order valence-corrected chi connectivity index (χ0v) is 12.0. The number of nitrogens with one attached hydrogen (secondary N) is 1. The number of hydrogen-bond acceptors (Lipinski definition) is 1. The molecule has 0 aromatic rings. The quantitative estimate of drug-likeness (QED) is 0.443. The zero-order chi connectivity index (χ0) is 12.2. The lowest BCUT2D eigenvalue weighted by Gasteiger charge is -2.03. The third kappa shape index (κ3) is 10.8. The highest BCUT2D eigenvalue weighted by Crippen LogP contribution is 2.18. The average molecular weight is 239 g/mol. The first-order chi connectivity index (χ1) is 8.43. The van der Waals surface area contributed by atoms with Gasteiger partial charge in [0.15, 0.2) is 0 Å². The molecule has 1 nitrogen and oxygen atoms in total. The second-order valence-corrected chi connectivity index (χ2v) is 5.76. The average Bonchev–Trinajstić information content (AvgIpc) is 3.15. The molecule has 0 heterocycles. The summed E-state index contributed by atoms with van der Waals surface area (Å²) in [6, 6.07) is 0.901. The molecule has 0 bridgehead atoms. The van der Waals surface area contributed by atoms with Crippen molar-refractivity contribution in [2.45, 2.75) is 96.4 Å². The maximum absolute atomic E-state index is 3.59. The minimum atomic E-state index is 0.901. The van der Waals surface area contributed by atoms with Crippen LogP contribution in [-0.4, -0.2) is 12.6 Å². The van der Waals surface area contributed by atoms with Gasteiger partial charge in [-0.1, -0.05) is 71.1 Å². The summed E-state index contributed by atoms with van der Waals surface area (Å²) in [6.07, 6.45) is 18.8. The van der Waals surface area contributed by atoms with Crippen molar-refractivity contribution in [3.05, 3.63) is 0 Å². The summed E-state index contributed by atoms with van der Waals surface area (Å²) in [5, 5.41) is 3.59. The van der Waals surface area contributed by atoms with E-state index in [0.717, 1.165) is 6.04 Å². The molecule has 0 aromatic carbocycles. The Kier molecular flexibility index (Phi) is 9.78. The first-order valence-electron chi connectivity index (χ1n) is 8.17. The van der Waals surface area contributed by atoms with Gasteiger partial charge in [-0.3, -0.25) is 0 Å². The van der Waals surface area contributed by atoms with E-state index in [4.69, 9.17) is 0 Å². The maximum Gasteiger partial charge on any atom is 0.00682 e. The van der Waals surface area contributed by atoms with Crippen molar-refractivity contribution >= 4 is 0 Å². The van der Waals surface area contributed by atoms with E-state index in [2.05, 4.69) is 12.2 Å². The fraction of sp³-hybridized carbons (Fsp3) is 1.00. The molecule has 0 aliphatic heterocycles. The van der Waals surface area contributed by atoms with Crippen molar-refractivity contribution in [1.29, 1.82) is 0 Å². The second-order valence-electron chi connectivity index (χ2n) is 5.76. The van der Waals surface area contributed by atoms with Gasteiger partial charge in [0, 0.05) is 6.04 Å². The third-order valence-corrected chi connectivity index (χ3v) is 3.79. The summed E-state index contributed by atoms with van der Waals surface area (Å²) in [4.78, 5) is 0. The molecule has 0 radical (unpaired) electrons. The van der Waals surface area contributed by atoms with Crippen LogP contribution in [0.4, 0.5) is 0 Å². The smallest absolute Gasteiger partial charge is 0.00682 e. The van der Waals surface area contributed by atoms with E-state index in [9.17, 15) is 0 Å². The monoisotopic (exact) mass is 239 g/mol. The van der Waals surface area contributed by atoms with E-state index < -0.39 is 0 Å². The Morgan fingerprint density at radius 3 is 1.65 bits per heavy atom. The molecule has 0 aromatic heterocycles. The van der Waals surface area contributed by atoms with Crippen LogP contribution in [0.15, 0.2) is 0 Å². The predicted molar refractivity (Wildman–Crippen MR) is 77.5 cm³/mol. The van der Waals surface area contributed by atoms with E-state index in [0.29, 0.717) is 0 Å². The Morgan fingerprint density at radius 2 is 1.18 bits per heavy atom. The molecule has 1 N–H and O–H groups in total. The summed E-state index contributed by atoms with van der Waals surface area (Å²) in [6.45, 7) is 3.56. The molecule has 0 spiro atoms. The standard InChI is InChI=1S/C16H33N/c1-2-3-4-5-6-7-8-9-10-11-12-15-17-16-13-14-16/h16-17H,2-15H2,1H3. The van der Waals surface area contributed by atoms with Crippen LogP contribution in [0.25, 0.3) is 0 Å². The van der Waals surface area contributed by atoms with Crippen LogP contribution in [0.1, 0.15) is 90.4 Å². The Hall–Kier alpha value is -0.0400. The first kappa shape index (κ1) is 15.0. The van der Waals surface area contributed by atoms with Crippen molar-refractivity contribution < 1.29 is 0 Å². The molecule has 17 heavy (non-hydrogen) atoms. The molecular formula is C16H33N. The van der Waals surface area contributed by atoms with Crippen molar-refractivity contribution in [3.63, 3.8) is 0 Å². The van der Waals surface area contributed by atoms with Crippen LogP contribution in [0.2, 0.25) is 0 Å². The lowest BCUT2D eigenvalue weighted by atomic mass is 10.1. The van der Waals surface area contributed by atoms with E-state index >= 15 is 0 Å². The fourth-order valence-electron chi connectivity index (χ4n) is 2.38. The van der Waals surface area contributed by atoms with E-state index in [1.54, 1.807) is 0 Å². The van der Waals surface area contributed by atoms with Crippen molar-refractivity contribution in [2.24, 2.45) is 0 Å². The van der Waals surface area contributed by atoms with Gasteiger partial charge in [-0.25, -0.2) is 0 Å². The summed E-state index contributed by atoms with van der Waals surface area (Å²) >= 11 is 0. The SMILES string of the molecule is CCCCCCCCCCCCCNC1CC1. The van der Waals surface area contributed by atoms with Gasteiger partial charge in [0.2, 0.25) is 0 Å². The van der Waals surface area contributed by atoms with Gasteiger partial charge in [-0.05, 0) is 25.8 Å². The van der Waals surface area contributed by atoms with Crippen molar-refractivity contribution in [3.8, 4) is 0 Å². The van der Waals surface area contributed by atoms with Crippen LogP contribution in [0, 0.1) is 0 Å². The zero-order valence-electron chi connectivity index (χ0n) is 12.0. The molecule has 1 heteroatoms. The van der Waals surface area contributed by atoms with Gasteiger partial charge in [0.1, 0.15) is 0 Å². The second kappa shape index (κ2) is 11.1. The largest absolute Gasteiger partial charge is 0.314 e. The first-order valence-corrected chi connectivity index (χ1v) is 8.17. The minimum absolute atomic E-state index is 0.901. The normalized spacial score (nSPS) is 15.4. The number of rotatable bonds is 13. The third-order valence-electron chi connectivity index (χ3n) is 3.79. The van der Waals surface area contributed by atoms with Gasteiger partial charge in [0.25, 0.3) is 0 Å². The van der Waals surface area contributed by atoms with E-state index in [1.807, 2.05) is 0 Å². The maximum atomic E-state index is 3.59. The predicted octanol–water partition coefficient (Wildman–Crippen LogP) is 5.05. The Balaban J connectivity index is 1.61. The summed E-state index contributed by atoms with van der Waals surface area (Å²) in [5.74, 6) is 0. The number of unbranched alkanes of at least 4 members (excludes halogenated alkanes) is 10. The molecule has 1 rings (SSSR count). The Morgan fingerprint density at radius 1 is 0.706 bits per heavy atom.